The van der Waals surface area contributed by atoms with Crippen molar-refractivity contribution in [1.82, 2.24) is 30.0 Å². The highest BCUT2D eigenvalue weighted by molar-refractivity contribution is 5.92. The number of benzene rings is 2. The summed E-state index contributed by atoms with van der Waals surface area (Å²) in [4.78, 5) is 11.4. The normalized spacial score (nSPS) is 14.8. The van der Waals surface area contributed by atoms with Crippen LogP contribution in [-0.4, -0.2) is 50.8 Å². The molecular formula is C27H30F2N6. The molecule has 0 amide bonds. The molecule has 35 heavy (non-hydrogen) atoms. The second kappa shape index (κ2) is 10.2. The predicted octanol–water partition coefficient (Wildman–Crippen LogP) is 5.20. The topological polar surface area (TPSA) is 58.9 Å². The number of fused-ring (bicyclic) bond motifs is 1. The van der Waals surface area contributed by atoms with E-state index >= 15 is 8.78 Å². The molecule has 6 nitrogen and oxygen atoms in total. The number of rotatable bonds is 7. The minimum Gasteiger partial charge on any atom is -0.317 e. The van der Waals surface area contributed by atoms with Crippen LogP contribution in [0.1, 0.15) is 38.3 Å². The number of nitrogens with one attached hydrogen (secondary N) is 1. The van der Waals surface area contributed by atoms with Gasteiger partial charge in [0.25, 0.3) is 0 Å². The van der Waals surface area contributed by atoms with E-state index in [0.29, 0.717) is 33.9 Å². The van der Waals surface area contributed by atoms with Crippen molar-refractivity contribution in [3.8, 4) is 22.4 Å². The van der Waals surface area contributed by atoms with E-state index in [2.05, 4.69) is 15.4 Å². The number of piperidine rings is 1. The van der Waals surface area contributed by atoms with Gasteiger partial charge in [-0.25, -0.2) is 13.8 Å². The molecule has 2 aromatic heterocycles. The first-order chi connectivity index (χ1) is 17.1. The number of halogens is 2. The van der Waals surface area contributed by atoms with E-state index in [1.54, 1.807) is 6.20 Å². The van der Waals surface area contributed by atoms with Gasteiger partial charge in [0.1, 0.15) is 11.6 Å². The van der Waals surface area contributed by atoms with Crippen LogP contribution in [-0.2, 0) is 6.54 Å². The van der Waals surface area contributed by atoms with Crippen LogP contribution in [0.3, 0.4) is 0 Å². The summed E-state index contributed by atoms with van der Waals surface area (Å²) in [5, 5.41) is 7.94. The van der Waals surface area contributed by atoms with Gasteiger partial charge in [0.05, 0.1) is 35.2 Å². The van der Waals surface area contributed by atoms with Gasteiger partial charge in [-0.2, -0.15) is 5.10 Å². The summed E-state index contributed by atoms with van der Waals surface area (Å²) in [5.41, 5.74) is 4.03. The van der Waals surface area contributed by atoms with Crippen molar-refractivity contribution in [1.29, 1.82) is 0 Å². The SMILES string of the molecule is CCN(CC)Cc1c(F)cc(-c2cccc3ncc(-c4cnn(C5CCNCC5)c4)nc23)cc1F. The number of aromatic nitrogens is 4. The Balaban J connectivity index is 1.51. The molecule has 0 bridgehead atoms. The molecule has 1 aliphatic heterocycles. The van der Waals surface area contributed by atoms with Gasteiger partial charge in [-0.15, -0.1) is 0 Å². The lowest BCUT2D eigenvalue weighted by molar-refractivity contribution is 0.286. The van der Waals surface area contributed by atoms with Gasteiger partial charge in [0.2, 0.25) is 0 Å². The van der Waals surface area contributed by atoms with Crippen molar-refractivity contribution < 1.29 is 8.78 Å². The van der Waals surface area contributed by atoms with Crippen molar-refractivity contribution >= 4 is 11.0 Å². The van der Waals surface area contributed by atoms with Crippen LogP contribution >= 0.6 is 0 Å². The fraction of sp³-hybridized carbons (Fsp3) is 0.370. The highest BCUT2D eigenvalue weighted by atomic mass is 19.1. The third-order valence-electron chi connectivity index (χ3n) is 6.88. The lowest BCUT2D eigenvalue weighted by Crippen LogP contribution is -2.29. The molecule has 1 fully saturated rings. The summed E-state index contributed by atoms with van der Waals surface area (Å²) in [6, 6.07) is 8.70. The molecule has 0 radical (unpaired) electrons. The Hall–Kier alpha value is -3.23. The Morgan fingerprint density at radius 1 is 1.03 bits per heavy atom. The number of para-hydroxylation sites is 1. The van der Waals surface area contributed by atoms with Crippen molar-refractivity contribution in [2.75, 3.05) is 26.2 Å². The summed E-state index contributed by atoms with van der Waals surface area (Å²) in [7, 11) is 0. The van der Waals surface area contributed by atoms with Crippen LogP contribution in [0.5, 0.6) is 0 Å². The zero-order valence-corrected chi connectivity index (χ0v) is 20.1. The number of hydrogen-bond donors (Lipinski definition) is 1. The van der Waals surface area contributed by atoms with Gasteiger partial charge in [-0.1, -0.05) is 26.0 Å². The van der Waals surface area contributed by atoms with Gasteiger partial charge in [-0.05, 0) is 62.8 Å². The summed E-state index contributed by atoms with van der Waals surface area (Å²) in [6.07, 6.45) is 7.62. The van der Waals surface area contributed by atoms with Crippen molar-refractivity contribution in [3.63, 3.8) is 0 Å². The van der Waals surface area contributed by atoms with Crippen LogP contribution < -0.4 is 5.32 Å². The Labute approximate surface area is 204 Å². The standard InChI is InChI=1S/C27H30F2N6/c1-3-34(4-2)17-22-23(28)12-18(13-24(22)29)21-6-5-7-25-27(21)33-26(15-31-25)19-14-32-35(16-19)20-8-10-30-11-9-20/h5-7,12-16,20,30H,3-4,8-11,17H2,1-2H3. The first kappa shape index (κ1) is 23.5. The van der Waals surface area contributed by atoms with Gasteiger partial charge < -0.3 is 5.32 Å². The van der Waals surface area contributed by atoms with Crippen molar-refractivity contribution in [2.45, 2.75) is 39.3 Å². The summed E-state index contributed by atoms with van der Waals surface area (Å²) in [5.74, 6) is -1.09. The molecule has 1 saturated heterocycles. The van der Waals surface area contributed by atoms with Crippen LogP contribution in [0.15, 0.2) is 48.9 Å². The van der Waals surface area contributed by atoms with E-state index in [1.807, 2.05) is 54.0 Å². The molecule has 1 aliphatic rings. The van der Waals surface area contributed by atoms with E-state index in [1.165, 1.54) is 12.1 Å². The fourth-order valence-electron chi connectivity index (χ4n) is 4.73. The molecule has 0 unspecified atom stereocenters. The van der Waals surface area contributed by atoms with E-state index < -0.39 is 11.6 Å². The van der Waals surface area contributed by atoms with E-state index in [-0.39, 0.29) is 12.1 Å². The van der Waals surface area contributed by atoms with Crippen molar-refractivity contribution in [2.24, 2.45) is 0 Å². The molecule has 8 heteroatoms. The molecule has 182 valence electrons. The Morgan fingerprint density at radius 3 is 2.49 bits per heavy atom. The van der Waals surface area contributed by atoms with E-state index in [9.17, 15) is 0 Å². The third kappa shape index (κ3) is 4.81. The van der Waals surface area contributed by atoms with Crippen LogP contribution in [0.4, 0.5) is 8.78 Å². The molecule has 0 spiro atoms. The van der Waals surface area contributed by atoms with Crippen LogP contribution in [0, 0.1) is 11.6 Å². The molecular weight excluding hydrogens is 446 g/mol. The van der Waals surface area contributed by atoms with E-state index in [4.69, 9.17) is 4.98 Å². The third-order valence-corrected chi connectivity index (χ3v) is 6.88. The van der Waals surface area contributed by atoms with E-state index in [0.717, 1.165) is 44.6 Å². The molecule has 4 aromatic rings. The second-order valence-electron chi connectivity index (χ2n) is 9.00. The van der Waals surface area contributed by atoms with Crippen molar-refractivity contribution in [3.05, 3.63) is 66.1 Å². The average molecular weight is 477 g/mol. The zero-order chi connectivity index (χ0) is 24.4. The first-order valence-electron chi connectivity index (χ1n) is 12.3. The minimum atomic E-state index is -0.545. The Morgan fingerprint density at radius 2 is 1.77 bits per heavy atom. The van der Waals surface area contributed by atoms with Crippen LogP contribution in [0.25, 0.3) is 33.4 Å². The quantitative estimate of drug-likeness (QED) is 0.397. The average Bonchev–Trinajstić information content (AvgIpc) is 3.39. The molecule has 5 rings (SSSR count). The van der Waals surface area contributed by atoms with Gasteiger partial charge in [0.15, 0.2) is 0 Å². The van der Waals surface area contributed by atoms with Crippen LogP contribution in [0.2, 0.25) is 0 Å². The largest absolute Gasteiger partial charge is 0.317 e. The van der Waals surface area contributed by atoms with Gasteiger partial charge in [-0.3, -0.25) is 14.6 Å². The number of hydrogen-bond acceptors (Lipinski definition) is 5. The Kier molecular flexibility index (Phi) is 6.83. The fourth-order valence-corrected chi connectivity index (χ4v) is 4.73. The summed E-state index contributed by atoms with van der Waals surface area (Å²) >= 11 is 0. The predicted molar refractivity (Wildman–Crippen MR) is 134 cm³/mol. The second-order valence-corrected chi connectivity index (χ2v) is 9.00. The number of nitrogens with zero attached hydrogens (tertiary/aromatic N) is 5. The summed E-state index contributed by atoms with van der Waals surface area (Å²) < 4.78 is 32.1. The first-order valence-corrected chi connectivity index (χ1v) is 12.3. The summed E-state index contributed by atoms with van der Waals surface area (Å²) in [6.45, 7) is 7.64. The maximum Gasteiger partial charge on any atom is 0.131 e. The molecule has 0 aliphatic carbocycles. The maximum absolute atomic E-state index is 15.0. The zero-order valence-electron chi connectivity index (χ0n) is 20.1. The maximum atomic E-state index is 15.0. The molecule has 0 saturated carbocycles. The highest BCUT2D eigenvalue weighted by Gasteiger charge is 2.18. The lowest BCUT2D eigenvalue weighted by Gasteiger charge is -2.22. The smallest absolute Gasteiger partial charge is 0.131 e. The molecule has 2 aromatic carbocycles. The highest BCUT2D eigenvalue weighted by Crippen LogP contribution is 2.31. The molecule has 1 N–H and O–H groups in total. The lowest BCUT2D eigenvalue weighted by atomic mass is 10.0. The molecule has 0 atom stereocenters. The van der Waals surface area contributed by atoms with Gasteiger partial charge >= 0.3 is 0 Å². The Bertz CT molecular complexity index is 1300. The minimum absolute atomic E-state index is 0.0924. The molecule has 3 heterocycles. The van der Waals surface area contributed by atoms with Gasteiger partial charge in [0, 0.05) is 29.4 Å². The monoisotopic (exact) mass is 476 g/mol.